The van der Waals surface area contributed by atoms with E-state index in [0.29, 0.717) is 11.3 Å². The number of nitro benzene ring substituents is 1. The molecule has 0 heterocycles. The largest absolute Gasteiger partial charge is 0.371 e. The fourth-order valence-corrected chi connectivity index (χ4v) is 1.33. The Balaban J connectivity index is 2.91. The van der Waals surface area contributed by atoms with Gasteiger partial charge in [0.2, 0.25) is 0 Å². The van der Waals surface area contributed by atoms with Gasteiger partial charge in [-0.2, -0.15) is 0 Å². The highest BCUT2D eigenvalue weighted by Gasteiger charge is 2.17. The van der Waals surface area contributed by atoms with Gasteiger partial charge >= 0.3 is 0 Å². The van der Waals surface area contributed by atoms with Crippen LogP contribution in [0.3, 0.4) is 0 Å². The normalized spacial score (nSPS) is 11.3. The summed E-state index contributed by atoms with van der Waals surface area (Å²) >= 11 is 0. The molecule has 0 amide bonds. The van der Waals surface area contributed by atoms with E-state index in [1.165, 1.54) is 12.1 Å². The molecule has 18 heavy (non-hydrogen) atoms. The van der Waals surface area contributed by atoms with Crippen LogP contribution in [0.25, 0.3) is 0 Å². The van der Waals surface area contributed by atoms with Gasteiger partial charge < -0.3 is 10.2 Å². The number of nitro groups is 1. The van der Waals surface area contributed by atoms with Crippen molar-refractivity contribution in [2.45, 2.75) is 39.4 Å². The molecule has 0 spiro atoms. The average Bonchev–Trinajstić information content (AvgIpc) is 2.36. The minimum atomic E-state index is -0.436. The number of nitrogens with two attached hydrogens (primary N) is 1. The van der Waals surface area contributed by atoms with Crippen molar-refractivity contribution < 1.29 is 9.66 Å². The number of ether oxygens (including phenoxy) is 1. The zero-order valence-corrected chi connectivity index (χ0v) is 10.9. The van der Waals surface area contributed by atoms with E-state index in [4.69, 9.17) is 10.6 Å². The van der Waals surface area contributed by atoms with Crippen molar-refractivity contribution in [3.63, 3.8) is 0 Å². The quantitative estimate of drug-likeness (QED) is 0.462. The van der Waals surface area contributed by atoms with Crippen molar-refractivity contribution in [2.24, 2.45) is 5.84 Å². The van der Waals surface area contributed by atoms with Crippen LogP contribution in [-0.4, -0.2) is 10.5 Å². The molecule has 0 aliphatic carbocycles. The summed E-state index contributed by atoms with van der Waals surface area (Å²) < 4.78 is 5.72. The summed E-state index contributed by atoms with van der Waals surface area (Å²) in [7, 11) is 0. The lowest BCUT2D eigenvalue weighted by Gasteiger charge is -2.24. The smallest absolute Gasteiger partial charge is 0.269 e. The summed E-state index contributed by atoms with van der Waals surface area (Å²) in [5.74, 6) is 5.37. The Bertz CT molecular complexity index is 433. The first-order chi connectivity index (χ1) is 8.39. The van der Waals surface area contributed by atoms with Crippen LogP contribution >= 0.6 is 0 Å². The van der Waals surface area contributed by atoms with E-state index in [0.717, 1.165) is 6.42 Å². The number of anilines is 1. The zero-order chi connectivity index (χ0) is 13.8. The van der Waals surface area contributed by atoms with Gasteiger partial charge in [0.25, 0.3) is 5.69 Å². The van der Waals surface area contributed by atoms with Crippen LogP contribution in [-0.2, 0) is 11.3 Å². The molecule has 3 N–H and O–H groups in total. The number of hydrogen-bond acceptors (Lipinski definition) is 5. The van der Waals surface area contributed by atoms with Crippen molar-refractivity contribution >= 4 is 11.4 Å². The van der Waals surface area contributed by atoms with Gasteiger partial charge in [-0.05, 0) is 26.3 Å². The minimum absolute atomic E-state index is 0.0295. The summed E-state index contributed by atoms with van der Waals surface area (Å²) in [6.07, 6.45) is 0.854. The lowest BCUT2D eigenvalue weighted by atomic mass is 10.1. The molecular weight excluding hydrogens is 234 g/mol. The lowest BCUT2D eigenvalue weighted by molar-refractivity contribution is -0.384. The van der Waals surface area contributed by atoms with Gasteiger partial charge in [0.15, 0.2) is 0 Å². The van der Waals surface area contributed by atoms with Gasteiger partial charge in [0.1, 0.15) is 0 Å². The Morgan fingerprint density at radius 3 is 2.67 bits per heavy atom. The Morgan fingerprint density at radius 1 is 1.50 bits per heavy atom. The number of hydrogen-bond donors (Lipinski definition) is 2. The molecule has 1 rings (SSSR count). The van der Waals surface area contributed by atoms with Crippen LogP contribution in [0, 0.1) is 10.1 Å². The Labute approximate surface area is 106 Å². The van der Waals surface area contributed by atoms with E-state index in [2.05, 4.69) is 5.43 Å². The van der Waals surface area contributed by atoms with Crippen molar-refractivity contribution in [1.82, 2.24) is 0 Å². The minimum Gasteiger partial charge on any atom is -0.371 e. The molecule has 1 aromatic carbocycles. The third-order valence-electron chi connectivity index (χ3n) is 2.93. The summed E-state index contributed by atoms with van der Waals surface area (Å²) in [6.45, 7) is 6.25. The van der Waals surface area contributed by atoms with Crippen LogP contribution in [0.5, 0.6) is 0 Å². The molecule has 0 radical (unpaired) electrons. The SMILES string of the molecule is CCC(C)(C)OCc1cc([N+](=O)[O-])ccc1NN. The molecule has 0 atom stereocenters. The molecule has 0 aliphatic rings. The highest BCUT2D eigenvalue weighted by atomic mass is 16.6. The number of benzene rings is 1. The molecule has 0 bridgehead atoms. The number of rotatable bonds is 6. The molecule has 0 fully saturated rings. The molecule has 100 valence electrons. The van der Waals surface area contributed by atoms with Crippen LogP contribution in [0.1, 0.15) is 32.8 Å². The van der Waals surface area contributed by atoms with Crippen molar-refractivity contribution in [3.05, 3.63) is 33.9 Å². The maximum absolute atomic E-state index is 10.7. The summed E-state index contributed by atoms with van der Waals surface area (Å²) in [6, 6.07) is 4.46. The van der Waals surface area contributed by atoms with Gasteiger partial charge in [-0.25, -0.2) is 0 Å². The fourth-order valence-electron chi connectivity index (χ4n) is 1.33. The number of nitrogens with one attached hydrogen (secondary N) is 1. The van der Waals surface area contributed by atoms with E-state index in [9.17, 15) is 10.1 Å². The van der Waals surface area contributed by atoms with Crippen LogP contribution in [0.15, 0.2) is 18.2 Å². The first-order valence-electron chi connectivity index (χ1n) is 5.77. The molecule has 6 heteroatoms. The zero-order valence-electron chi connectivity index (χ0n) is 10.9. The highest BCUT2D eigenvalue weighted by Crippen LogP contribution is 2.24. The summed E-state index contributed by atoms with van der Waals surface area (Å²) in [5.41, 5.74) is 3.58. The van der Waals surface area contributed by atoms with Crippen LogP contribution < -0.4 is 11.3 Å². The average molecular weight is 253 g/mol. The molecule has 0 saturated heterocycles. The van der Waals surface area contributed by atoms with Crippen LogP contribution in [0.4, 0.5) is 11.4 Å². The maximum atomic E-state index is 10.7. The van der Waals surface area contributed by atoms with E-state index in [1.807, 2.05) is 20.8 Å². The topological polar surface area (TPSA) is 90.4 Å². The standard InChI is InChI=1S/C12H19N3O3/c1-4-12(2,3)18-8-9-7-10(15(16)17)5-6-11(9)14-13/h5-7,14H,4,8,13H2,1-3H3. The number of hydrazine groups is 1. The van der Waals surface area contributed by atoms with Gasteiger partial charge in [-0.15, -0.1) is 0 Å². The molecule has 0 aliphatic heterocycles. The predicted molar refractivity (Wildman–Crippen MR) is 70.1 cm³/mol. The van der Waals surface area contributed by atoms with Crippen LogP contribution in [0.2, 0.25) is 0 Å². The molecule has 6 nitrogen and oxygen atoms in total. The highest BCUT2D eigenvalue weighted by molar-refractivity contribution is 5.55. The molecule has 1 aromatic rings. The Kier molecular flexibility index (Phi) is 4.63. The summed E-state index contributed by atoms with van der Waals surface area (Å²) in [4.78, 5) is 10.3. The van der Waals surface area contributed by atoms with E-state index in [1.54, 1.807) is 6.07 Å². The van der Waals surface area contributed by atoms with Crippen molar-refractivity contribution in [1.29, 1.82) is 0 Å². The summed E-state index contributed by atoms with van der Waals surface area (Å²) in [5, 5.41) is 10.7. The van der Waals surface area contributed by atoms with Gasteiger partial charge in [0.05, 0.1) is 22.8 Å². The third-order valence-corrected chi connectivity index (χ3v) is 2.93. The maximum Gasteiger partial charge on any atom is 0.269 e. The number of nitrogens with zero attached hydrogens (tertiary/aromatic N) is 1. The second-order valence-corrected chi connectivity index (χ2v) is 4.64. The van der Waals surface area contributed by atoms with Crippen molar-refractivity contribution in [3.8, 4) is 0 Å². The Hall–Kier alpha value is -1.66. The second-order valence-electron chi connectivity index (χ2n) is 4.64. The number of non-ortho nitro benzene ring substituents is 1. The molecular formula is C12H19N3O3. The molecule has 0 aromatic heterocycles. The van der Waals surface area contributed by atoms with Crippen molar-refractivity contribution in [2.75, 3.05) is 5.43 Å². The van der Waals surface area contributed by atoms with E-state index >= 15 is 0 Å². The Morgan fingerprint density at radius 2 is 2.17 bits per heavy atom. The van der Waals surface area contributed by atoms with Gasteiger partial charge in [-0.1, -0.05) is 6.92 Å². The molecule has 0 unspecified atom stereocenters. The van der Waals surface area contributed by atoms with Gasteiger partial charge in [-0.3, -0.25) is 16.0 Å². The first kappa shape index (κ1) is 14.4. The molecule has 0 saturated carbocycles. The van der Waals surface area contributed by atoms with Gasteiger partial charge in [0, 0.05) is 17.7 Å². The third kappa shape index (κ3) is 3.68. The first-order valence-corrected chi connectivity index (χ1v) is 5.77. The predicted octanol–water partition coefficient (Wildman–Crippen LogP) is 2.59. The fraction of sp³-hybridized carbons (Fsp3) is 0.500. The van der Waals surface area contributed by atoms with E-state index in [-0.39, 0.29) is 17.9 Å². The number of nitrogen functional groups attached to an aromatic ring is 1. The van der Waals surface area contributed by atoms with E-state index < -0.39 is 4.92 Å². The second kappa shape index (κ2) is 5.79. The lowest BCUT2D eigenvalue weighted by Crippen LogP contribution is -2.23. The monoisotopic (exact) mass is 253 g/mol.